The van der Waals surface area contributed by atoms with Crippen molar-refractivity contribution in [2.75, 3.05) is 25.0 Å². The lowest BCUT2D eigenvalue weighted by Crippen LogP contribution is -2.48. The summed E-state index contributed by atoms with van der Waals surface area (Å²) in [6, 6.07) is 0. The fraction of sp³-hybridized carbons (Fsp3) is 0.909. The molecule has 1 atom stereocenters. The maximum absolute atomic E-state index is 12.1. The molecule has 1 saturated heterocycles. The van der Waals surface area contributed by atoms with E-state index in [1.807, 2.05) is 4.90 Å². The van der Waals surface area contributed by atoms with Gasteiger partial charge in [0.15, 0.2) is 0 Å². The van der Waals surface area contributed by atoms with Crippen molar-refractivity contribution in [2.24, 2.45) is 5.92 Å². The Balaban J connectivity index is 2.51. The fourth-order valence-corrected chi connectivity index (χ4v) is 2.30. The molecule has 0 bridgehead atoms. The summed E-state index contributed by atoms with van der Waals surface area (Å²) in [5, 5.41) is 0.805. The Hall–Kier alpha value is -0.0900. The largest absolute Gasteiger partial charge is 0.374 e. The number of rotatable bonds is 4. The van der Waals surface area contributed by atoms with E-state index in [-0.39, 0.29) is 12.0 Å². The fourth-order valence-electron chi connectivity index (χ4n) is 1.91. The Kier molecular flexibility index (Phi) is 5.61. The van der Waals surface area contributed by atoms with Gasteiger partial charge in [0.25, 0.3) is 0 Å². The zero-order chi connectivity index (χ0) is 11.3. The lowest BCUT2D eigenvalue weighted by molar-refractivity contribution is -0.142. The zero-order valence-electron chi connectivity index (χ0n) is 9.54. The quantitative estimate of drug-likeness (QED) is 0.737. The van der Waals surface area contributed by atoms with Gasteiger partial charge in [-0.3, -0.25) is 4.79 Å². The Morgan fingerprint density at radius 1 is 1.53 bits per heavy atom. The molecule has 1 aliphatic heterocycles. The Morgan fingerprint density at radius 2 is 2.20 bits per heavy atom. The van der Waals surface area contributed by atoms with Crippen LogP contribution in [0.5, 0.6) is 0 Å². The molecule has 3 nitrogen and oxygen atoms in total. The first-order chi connectivity index (χ1) is 7.22. The highest BCUT2D eigenvalue weighted by Gasteiger charge is 2.26. The number of amides is 1. The summed E-state index contributed by atoms with van der Waals surface area (Å²) < 4.78 is 5.51. The lowest BCUT2D eigenvalue weighted by atomic mass is 10.0. The molecule has 0 aromatic heterocycles. The van der Waals surface area contributed by atoms with Gasteiger partial charge in [-0.25, -0.2) is 0 Å². The highest BCUT2D eigenvalue weighted by atomic mass is 79.9. The molecule has 1 amide bonds. The third-order valence-electron chi connectivity index (χ3n) is 2.96. The van der Waals surface area contributed by atoms with Crippen molar-refractivity contribution >= 4 is 21.8 Å². The average Bonchev–Trinajstić information content (AvgIpc) is 2.30. The molecular weight excluding hydrogens is 258 g/mol. The highest BCUT2D eigenvalue weighted by Crippen LogP contribution is 2.15. The molecule has 0 aromatic rings. The van der Waals surface area contributed by atoms with E-state index in [0.29, 0.717) is 12.5 Å². The molecule has 0 aliphatic carbocycles. The summed E-state index contributed by atoms with van der Waals surface area (Å²) in [4.78, 5) is 14.0. The van der Waals surface area contributed by atoms with Crippen molar-refractivity contribution in [3.63, 3.8) is 0 Å². The van der Waals surface area contributed by atoms with Gasteiger partial charge in [0.2, 0.25) is 5.91 Å². The van der Waals surface area contributed by atoms with Crippen LogP contribution in [0.25, 0.3) is 0 Å². The Labute approximate surface area is 100 Å². The van der Waals surface area contributed by atoms with E-state index >= 15 is 0 Å². The van der Waals surface area contributed by atoms with Crippen LogP contribution in [0.2, 0.25) is 0 Å². The van der Waals surface area contributed by atoms with Crippen LogP contribution in [0.15, 0.2) is 0 Å². The summed E-state index contributed by atoms with van der Waals surface area (Å²) in [6.07, 6.45) is 2.04. The summed E-state index contributed by atoms with van der Waals surface area (Å²) in [5.74, 6) is 0.494. The predicted octanol–water partition coefficient (Wildman–Crippen LogP) is 2.04. The second-order valence-corrected chi connectivity index (χ2v) is 4.59. The maximum Gasteiger partial charge on any atom is 0.225 e. The molecule has 0 aromatic carbocycles. The van der Waals surface area contributed by atoms with Crippen LogP contribution in [0.1, 0.15) is 26.7 Å². The van der Waals surface area contributed by atoms with Gasteiger partial charge in [-0.05, 0) is 12.8 Å². The third-order valence-corrected chi connectivity index (χ3v) is 3.68. The molecule has 1 aliphatic rings. The van der Waals surface area contributed by atoms with Crippen LogP contribution in [0.4, 0.5) is 0 Å². The van der Waals surface area contributed by atoms with Crippen LogP contribution < -0.4 is 0 Å². The number of alkyl halides is 1. The number of morpholine rings is 1. The first kappa shape index (κ1) is 13.0. The molecule has 0 N–H and O–H groups in total. The van der Waals surface area contributed by atoms with E-state index in [4.69, 9.17) is 4.74 Å². The minimum absolute atomic E-state index is 0.164. The van der Waals surface area contributed by atoms with Crippen molar-refractivity contribution in [2.45, 2.75) is 32.8 Å². The minimum Gasteiger partial charge on any atom is -0.374 e. The van der Waals surface area contributed by atoms with Crippen LogP contribution in [0.3, 0.4) is 0 Å². The molecule has 1 fully saturated rings. The number of ether oxygens (including phenoxy) is 1. The van der Waals surface area contributed by atoms with Gasteiger partial charge in [0, 0.05) is 24.3 Å². The van der Waals surface area contributed by atoms with Crippen molar-refractivity contribution in [1.82, 2.24) is 4.90 Å². The van der Waals surface area contributed by atoms with Gasteiger partial charge in [-0.2, -0.15) is 0 Å². The third kappa shape index (κ3) is 3.45. The first-order valence-electron chi connectivity index (χ1n) is 5.69. The smallest absolute Gasteiger partial charge is 0.225 e. The Bertz CT molecular complexity index is 207. The van der Waals surface area contributed by atoms with E-state index in [0.717, 1.165) is 31.3 Å². The molecule has 15 heavy (non-hydrogen) atoms. The van der Waals surface area contributed by atoms with E-state index in [1.54, 1.807) is 0 Å². The van der Waals surface area contributed by atoms with Gasteiger partial charge in [-0.15, -0.1) is 0 Å². The van der Waals surface area contributed by atoms with Gasteiger partial charge in [-0.1, -0.05) is 29.8 Å². The molecule has 1 unspecified atom stereocenters. The number of carbonyl (C=O) groups is 1. The summed E-state index contributed by atoms with van der Waals surface area (Å²) in [7, 11) is 0. The summed E-state index contributed by atoms with van der Waals surface area (Å²) >= 11 is 3.40. The number of carbonyl (C=O) groups excluding carboxylic acids is 1. The number of nitrogens with zero attached hydrogens (tertiary/aromatic N) is 1. The maximum atomic E-state index is 12.1. The van der Waals surface area contributed by atoms with E-state index in [2.05, 4.69) is 29.8 Å². The standard InChI is InChI=1S/C11H20BrNO2/c1-3-9(4-2)11(14)13-5-6-15-10(7-12)8-13/h9-10H,3-8H2,1-2H3. The predicted molar refractivity (Wildman–Crippen MR) is 64.2 cm³/mol. The topological polar surface area (TPSA) is 29.5 Å². The van der Waals surface area contributed by atoms with Crippen LogP contribution in [0, 0.1) is 5.92 Å². The molecule has 0 radical (unpaired) electrons. The van der Waals surface area contributed by atoms with E-state index in [9.17, 15) is 4.79 Å². The van der Waals surface area contributed by atoms with Gasteiger partial charge >= 0.3 is 0 Å². The molecular formula is C11H20BrNO2. The van der Waals surface area contributed by atoms with Crippen molar-refractivity contribution in [1.29, 1.82) is 0 Å². The van der Waals surface area contributed by atoms with Crippen molar-refractivity contribution < 1.29 is 9.53 Å². The molecule has 0 spiro atoms. The number of hydrogen-bond donors (Lipinski definition) is 0. The van der Waals surface area contributed by atoms with Crippen molar-refractivity contribution in [3.8, 4) is 0 Å². The normalized spacial score (nSPS) is 22.1. The van der Waals surface area contributed by atoms with Crippen molar-refractivity contribution in [3.05, 3.63) is 0 Å². The number of halogens is 1. The van der Waals surface area contributed by atoms with Crippen LogP contribution in [-0.2, 0) is 9.53 Å². The monoisotopic (exact) mass is 277 g/mol. The Morgan fingerprint density at radius 3 is 2.73 bits per heavy atom. The summed E-state index contributed by atoms with van der Waals surface area (Å²) in [5.41, 5.74) is 0. The van der Waals surface area contributed by atoms with Gasteiger partial charge < -0.3 is 9.64 Å². The highest BCUT2D eigenvalue weighted by molar-refractivity contribution is 9.09. The minimum atomic E-state index is 0.164. The average molecular weight is 278 g/mol. The van der Waals surface area contributed by atoms with Crippen LogP contribution in [-0.4, -0.2) is 41.9 Å². The summed E-state index contributed by atoms with van der Waals surface area (Å²) in [6.45, 7) is 6.31. The van der Waals surface area contributed by atoms with E-state index in [1.165, 1.54) is 0 Å². The van der Waals surface area contributed by atoms with E-state index < -0.39 is 0 Å². The number of hydrogen-bond acceptors (Lipinski definition) is 2. The second kappa shape index (κ2) is 6.48. The first-order valence-corrected chi connectivity index (χ1v) is 6.81. The SMILES string of the molecule is CCC(CC)C(=O)N1CCOC(CBr)C1. The second-order valence-electron chi connectivity index (χ2n) is 3.94. The zero-order valence-corrected chi connectivity index (χ0v) is 11.1. The molecule has 1 rings (SSSR count). The molecule has 88 valence electrons. The van der Waals surface area contributed by atoms with Gasteiger partial charge in [0.1, 0.15) is 0 Å². The van der Waals surface area contributed by atoms with Gasteiger partial charge in [0.05, 0.1) is 12.7 Å². The molecule has 0 saturated carbocycles. The molecule has 4 heteroatoms. The van der Waals surface area contributed by atoms with Crippen LogP contribution >= 0.6 is 15.9 Å². The molecule has 1 heterocycles. The lowest BCUT2D eigenvalue weighted by Gasteiger charge is -2.34.